The topological polar surface area (TPSA) is 52.7 Å². The van der Waals surface area contributed by atoms with E-state index in [0.29, 0.717) is 11.2 Å². The Morgan fingerprint density at radius 2 is 1.81 bits per heavy atom. The third-order valence-corrected chi connectivity index (χ3v) is 4.64. The lowest BCUT2D eigenvalue weighted by molar-refractivity contribution is 0.537. The number of fused-ring (bicyclic) bond motifs is 1. The molecule has 9 heteroatoms. The fourth-order valence-electron chi connectivity index (χ4n) is 2.81. The summed E-state index contributed by atoms with van der Waals surface area (Å²) in [7, 11) is 0. The Hall–Kier alpha value is -2.77. The van der Waals surface area contributed by atoms with Gasteiger partial charge in [0.05, 0.1) is 34.4 Å². The number of halogens is 4. The predicted molar refractivity (Wildman–Crippen MR) is 98.6 cm³/mol. The molecule has 0 unspecified atom stereocenters. The molecule has 0 spiro atoms. The maximum atomic E-state index is 13.9. The SMILES string of the molecule is O=c1c2cnn(Cc3c(F)cccc3F)c2ccn1-c1cc(Cl)ncc1Cl. The molecule has 1 aromatic carbocycles. The summed E-state index contributed by atoms with van der Waals surface area (Å²) in [6, 6.07) is 6.72. The van der Waals surface area contributed by atoms with Gasteiger partial charge in [-0.3, -0.25) is 14.0 Å². The molecular weight excluding hydrogens is 397 g/mol. The standard InChI is InChI=1S/C18H10Cl2F2N4O/c19-12-8-23-17(20)6-16(12)25-5-4-15-10(18(25)27)7-24-26(15)9-11-13(21)2-1-3-14(11)22/h1-8H,9H2. The third-order valence-electron chi connectivity index (χ3n) is 4.14. The first kappa shape index (κ1) is 17.6. The molecule has 0 radical (unpaired) electrons. The highest BCUT2D eigenvalue weighted by Crippen LogP contribution is 2.22. The second-order valence-corrected chi connectivity index (χ2v) is 6.55. The van der Waals surface area contributed by atoms with Crippen molar-refractivity contribution in [3.05, 3.63) is 86.6 Å². The lowest BCUT2D eigenvalue weighted by Crippen LogP contribution is -2.18. The Morgan fingerprint density at radius 1 is 1.07 bits per heavy atom. The zero-order chi connectivity index (χ0) is 19.1. The molecule has 3 aromatic heterocycles. The molecule has 0 amide bonds. The van der Waals surface area contributed by atoms with E-state index in [-0.39, 0.29) is 27.7 Å². The minimum absolute atomic E-state index is 0.129. The first-order valence-electron chi connectivity index (χ1n) is 7.77. The smallest absolute Gasteiger partial charge is 0.266 e. The van der Waals surface area contributed by atoms with E-state index in [0.717, 1.165) is 0 Å². The highest BCUT2D eigenvalue weighted by atomic mass is 35.5. The van der Waals surface area contributed by atoms with Crippen LogP contribution in [0, 0.1) is 11.6 Å². The van der Waals surface area contributed by atoms with Crippen LogP contribution >= 0.6 is 23.2 Å². The summed E-state index contributed by atoms with van der Waals surface area (Å²) >= 11 is 12.0. The second kappa shape index (κ2) is 6.75. The van der Waals surface area contributed by atoms with Crippen molar-refractivity contribution in [3.63, 3.8) is 0 Å². The van der Waals surface area contributed by atoms with Crippen LogP contribution in [0.3, 0.4) is 0 Å². The van der Waals surface area contributed by atoms with E-state index in [1.807, 2.05) is 0 Å². The summed E-state index contributed by atoms with van der Waals surface area (Å²) in [6.07, 6.45) is 4.20. The van der Waals surface area contributed by atoms with Gasteiger partial charge in [-0.15, -0.1) is 0 Å². The zero-order valence-corrected chi connectivity index (χ0v) is 15.0. The van der Waals surface area contributed by atoms with Gasteiger partial charge in [0.15, 0.2) is 0 Å². The van der Waals surface area contributed by atoms with Crippen LogP contribution in [0.25, 0.3) is 16.6 Å². The fraction of sp³-hybridized carbons (Fsp3) is 0.0556. The lowest BCUT2D eigenvalue weighted by atomic mass is 10.2. The number of benzene rings is 1. The van der Waals surface area contributed by atoms with Crippen LogP contribution in [0.15, 0.2) is 53.7 Å². The van der Waals surface area contributed by atoms with Crippen molar-refractivity contribution in [3.8, 4) is 5.69 Å². The van der Waals surface area contributed by atoms with Crippen LogP contribution in [0.5, 0.6) is 0 Å². The Kier molecular flexibility index (Phi) is 4.41. The van der Waals surface area contributed by atoms with Gasteiger partial charge in [-0.25, -0.2) is 13.8 Å². The van der Waals surface area contributed by atoms with E-state index >= 15 is 0 Å². The monoisotopic (exact) mass is 406 g/mol. The van der Waals surface area contributed by atoms with Crippen molar-refractivity contribution in [1.82, 2.24) is 19.3 Å². The van der Waals surface area contributed by atoms with Gasteiger partial charge >= 0.3 is 0 Å². The summed E-state index contributed by atoms with van der Waals surface area (Å²) in [5.41, 5.74) is 0.291. The van der Waals surface area contributed by atoms with E-state index in [2.05, 4.69) is 10.1 Å². The number of aromatic nitrogens is 4. The van der Waals surface area contributed by atoms with Gasteiger partial charge in [0.25, 0.3) is 5.56 Å². The Bertz CT molecular complexity index is 1220. The third kappa shape index (κ3) is 3.09. The summed E-state index contributed by atoms with van der Waals surface area (Å²) in [5.74, 6) is -1.35. The summed E-state index contributed by atoms with van der Waals surface area (Å²) in [4.78, 5) is 16.7. The average molecular weight is 407 g/mol. The van der Waals surface area contributed by atoms with Crippen LogP contribution in [-0.4, -0.2) is 19.3 Å². The first-order valence-corrected chi connectivity index (χ1v) is 8.53. The molecule has 0 aliphatic carbocycles. The lowest BCUT2D eigenvalue weighted by Gasteiger charge is -2.09. The van der Waals surface area contributed by atoms with Gasteiger partial charge in [-0.05, 0) is 18.2 Å². The van der Waals surface area contributed by atoms with Crippen molar-refractivity contribution in [2.75, 3.05) is 0 Å². The number of hydrogen-bond acceptors (Lipinski definition) is 3. The van der Waals surface area contributed by atoms with E-state index in [9.17, 15) is 13.6 Å². The van der Waals surface area contributed by atoms with Crippen molar-refractivity contribution < 1.29 is 8.78 Å². The average Bonchev–Trinajstić information content (AvgIpc) is 3.05. The van der Waals surface area contributed by atoms with E-state index in [4.69, 9.17) is 23.2 Å². The molecule has 0 aliphatic heterocycles. The van der Waals surface area contributed by atoms with Crippen molar-refractivity contribution in [1.29, 1.82) is 0 Å². The number of rotatable bonds is 3. The summed E-state index contributed by atoms with van der Waals surface area (Å²) < 4.78 is 30.5. The molecular formula is C18H10Cl2F2N4O. The van der Waals surface area contributed by atoms with Gasteiger partial charge in [0.1, 0.15) is 16.8 Å². The molecule has 5 nitrogen and oxygen atoms in total. The zero-order valence-electron chi connectivity index (χ0n) is 13.5. The fourth-order valence-corrected chi connectivity index (χ4v) is 3.16. The van der Waals surface area contributed by atoms with Gasteiger partial charge in [0, 0.05) is 24.0 Å². The predicted octanol–water partition coefficient (Wildman–Crippen LogP) is 4.22. The molecule has 27 heavy (non-hydrogen) atoms. The normalized spacial score (nSPS) is 11.3. The minimum Gasteiger partial charge on any atom is -0.282 e. The maximum Gasteiger partial charge on any atom is 0.266 e. The highest BCUT2D eigenvalue weighted by molar-refractivity contribution is 6.33. The summed E-state index contributed by atoms with van der Waals surface area (Å²) in [6.45, 7) is -0.146. The van der Waals surface area contributed by atoms with Crippen LogP contribution in [0.1, 0.15) is 5.56 Å². The van der Waals surface area contributed by atoms with Gasteiger partial charge in [0.2, 0.25) is 0 Å². The Balaban J connectivity index is 1.83. The van der Waals surface area contributed by atoms with Gasteiger partial charge in [-0.2, -0.15) is 5.10 Å². The Morgan fingerprint density at radius 3 is 2.56 bits per heavy atom. The molecule has 0 aliphatic rings. The molecule has 136 valence electrons. The number of pyridine rings is 2. The maximum absolute atomic E-state index is 13.9. The van der Waals surface area contributed by atoms with Crippen molar-refractivity contribution in [2.45, 2.75) is 6.54 Å². The molecule has 4 rings (SSSR count). The van der Waals surface area contributed by atoms with E-state index < -0.39 is 17.2 Å². The molecule has 0 saturated heterocycles. The van der Waals surface area contributed by atoms with Gasteiger partial charge < -0.3 is 0 Å². The Labute approximate surface area is 161 Å². The quantitative estimate of drug-likeness (QED) is 0.478. The summed E-state index contributed by atoms with van der Waals surface area (Å²) in [5, 5.41) is 4.82. The molecule has 0 atom stereocenters. The molecule has 0 bridgehead atoms. The molecule has 4 aromatic rings. The molecule has 0 fully saturated rings. The number of nitrogens with zero attached hydrogens (tertiary/aromatic N) is 4. The van der Waals surface area contributed by atoms with Crippen LogP contribution in [0.4, 0.5) is 8.78 Å². The molecule has 0 saturated carbocycles. The molecule has 0 N–H and O–H groups in total. The largest absolute Gasteiger partial charge is 0.282 e. The van der Waals surface area contributed by atoms with Crippen LogP contribution in [-0.2, 0) is 6.54 Å². The second-order valence-electron chi connectivity index (χ2n) is 5.75. The molecule has 3 heterocycles. The van der Waals surface area contributed by atoms with Crippen molar-refractivity contribution >= 4 is 34.1 Å². The van der Waals surface area contributed by atoms with Crippen molar-refractivity contribution in [2.24, 2.45) is 0 Å². The minimum atomic E-state index is -0.676. The van der Waals surface area contributed by atoms with Crippen LogP contribution in [0.2, 0.25) is 10.2 Å². The van der Waals surface area contributed by atoms with Crippen LogP contribution < -0.4 is 5.56 Å². The highest BCUT2D eigenvalue weighted by Gasteiger charge is 2.15. The number of hydrogen-bond donors (Lipinski definition) is 0. The van der Waals surface area contributed by atoms with E-state index in [1.165, 1.54) is 52.1 Å². The van der Waals surface area contributed by atoms with Gasteiger partial charge in [-0.1, -0.05) is 29.3 Å². The first-order chi connectivity index (χ1) is 13.0. The van der Waals surface area contributed by atoms with E-state index in [1.54, 1.807) is 6.07 Å².